The molecule has 0 spiro atoms. The molecule has 0 atom stereocenters. The molecule has 1 fully saturated rings. The summed E-state index contributed by atoms with van der Waals surface area (Å²) < 4.78 is 16.2. The monoisotopic (exact) mass is 477 g/mol. The minimum atomic E-state index is -0.442. The number of hydrogen-bond acceptors (Lipinski definition) is 4. The molecule has 1 aromatic carbocycles. The van der Waals surface area contributed by atoms with Crippen molar-refractivity contribution >= 4 is 39.8 Å². The van der Waals surface area contributed by atoms with Gasteiger partial charge in [0.15, 0.2) is 5.84 Å². The number of carbonyl (C=O) groups is 1. The SMILES string of the molecule is Cc1cc(/C=C2\C(=N)N3N=C(CCC4CCCCC4)SC3=NC2=O)c(C)n1-c1ccccc1F. The van der Waals surface area contributed by atoms with E-state index in [-0.39, 0.29) is 17.2 Å². The van der Waals surface area contributed by atoms with Gasteiger partial charge in [-0.25, -0.2) is 4.39 Å². The number of carbonyl (C=O) groups excluding carboxylic acids is 1. The summed E-state index contributed by atoms with van der Waals surface area (Å²) >= 11 is 1.40. The number of amidine groups is 2. The van der Waals surface area contributed by atoms with E-state index in [2.05, 4.69) is 10.1 Å². The lowest BCUT2D eigenvalue weighted by molar-refractivity contribution is -0.114. The standard InChI is InChI=1S/C26H28FN5OS/c1-16-14-19(17(2)31(16)22-11-7-6-10-21(22)27)15-20-24(28)32-26(29-25(20)33)34-23(30-32)13-12-18-8-4-3-5-9-18/h6-7,10-11,14-15,18,28H,3-5,8-9,12-13H2,1-2H3/b20-15+,28-24?. The normalized spacial score (nSPS) is 20.1. The lowest BCUT2D eigenvalue weighted by atomic mass is 9.86. The molecular weight excluding hydrogens is 449 g/mol. The molecule has 6 nitrogen and oxygen atoms in total. The summed E-state index contributed by atoms with van der Waals surface area (Å²) in [6.07, 6.45) is 10.2. The Labute approximate surface area is 203 Å². The van der Waals surface area contributed by atoms with E-state index in [9.17, 15) is 9.18 Å². The number of aryl methyl sites for hydroxylation is 1. The van der Waals surface area contributed by atoms with Gasteiger partial charge in [-0.05, 0) is 74.2 Å². The van der Waals surface area contributed by atoms with E-state index >= 15 is 0 Å². The fraction of sp³-hybridized carbons (Fsp3) is 0.385. The van der Waals surface area contributed by atoms with E-state index in [0.717, 1.165) is 40.8 Å². The molecule has 3 heterocycles. The number of para-hydroxylation sites is 1. The molecule has 8 heteroatoms. The Morgan fingerprint density at radius 2 is 1.97 bits per heavy atom. The number of hydrogen-bond donors (Lipinski definition) is 1. The number of fused-ring (bicyclic) bond motifs is 1. The first-order valence-electron chi connectivity index (χ1n) is 11.9. The van der Waals surface area contributed by atoms with Crippen LogP contribution in [0.25, 0.3) is 11.8 Å². The second-order valence-electron chi connectivity index (χ2n) is 9.17. The number of rotatable bonds is 5. The van der Waals surface area contributed by atoms with Gasteiger partial charge in [0.25, 0.3) is 5.91 Å². The van der Waals surface area contributed by atoms with Crippen molar-refractivity contribution in [1.29, 1.82) is 5.41 Å². The second-order valence-corrected chi connectivity index (χ2v) is 10.2. The molecule has 0 unspecified atom stereocenters. The molecule has 3 aliphatic rings. The van der Waals surface area contributed by atoms with Gasteiger partial charge in [0.2, 0.25) is 5.17 Å². The average Bonchev–Trinajstić information content (AvgIpc) is 3.36. The zero-order valence-corrected chi connectivity index (χ0v) is 20.3. The van der Waals surface area contributed by atoms with Gasteiger partial charge in [0.05, 0.1) is 11.3 Å². The Bertz CT molecular complexity index is 1250. The van der Waals surface area contributed by atoms with Crippen molar-refractivity contribution in [3.05, 3.63) is 58.7 Å². The number of nitrogens with zero attached hydrogens (tertiary/aromatic N) is 4. The number of amides is 1. The molecule has 1 amide bonds. The average molecular weight is 478 g/mol. The quantitative estimate of drug-likeness (QED) is 0.520. The van der Waals surface area contributed by atoms with Gasteiger partial charge in [-0.15, -0.1) is 0 Å². The number of thioether (sulfide) groups is 1. The van der Waals surface area contributed by atoms with Crippen molar-refractivity contribution in [2.24, 2.45) is 16.0 Å². The maximum absolute atomic E-state index is 14.4. The van der Waals surface area contributed by atoms with Crippen LogP contribution in [0.5, 0.6) is 0 Å². The molecule has 0 radical (unpaired) electrons. The van der Waals surface area contributed by atoms with Crippen molar-refractivity contribution in [3.63, 3.8) is 0 Å². The highest BCUT2D eigenvalue weighted by Crippen LogP contribution is 2.33. The van der Waals surface area contributed by atoms with E-state index in [1.807, 2.05) is 24.5 Å². The van der Waals surface area contributed by atoms with E-state index in [1.165, 1.54) is 54.9 Å². The second kappa shape index (κ2) is 9.33. The zero-order chi connectivity index (χ0) is 23.8. The van der Waals surface area contributed by atoms with Crippen LogP contribution in [0.15, 0.2) is 46.0 Å². The van der Waals surface area contributed by atoms with Crippen LogP contribution in [0.3, 0.4) is 0 Å². The first kappa shape index (κ1) is 22.8. The van der Waals surface area contributed by atoms with Gasteiger partial charge in [0.1, 0.15) is 10.9 Å². The van der Waals surface area contributed by atoms with Crippen LogP contribution >= 0.6 is 11.8 Å². The molecule has 5 rings (SSSR count). The van der Waals surface area contributed by atoms with Gasteiger partial charge in [-0.1, -0.05) is 44.2 Å². The Balaban J connectivity index is 1.39. The molecule has 1 aliphatic carbocycles. The number of halogens is 1. The molecule has 2 aliphatic heterocycles. The van der Waals surface area contributed by atoms with Gasteiger partial charge in [-0.3, -0.25) is 10.2 Å². The van der Waals surface area contributed by atoms with Gasteiger partial charge < -0.3 is 4.57 Å². The Kier molecular flexibility index (Phi) is 6.25. The zero-order valence-electron chi connectivity index (χ0n) is 19.5. The minimum Gasteiger partial charge on any atom is -0.315 e. The van der Waals surface area contributed by atoms with E-state index in [0.29, 0.717) is 10.9 Å². The van der Waals surface area contributed by atoms with Crippen LogP contribution < -0.4 is 0 Å². The van der Waals surface area contributed by atoms with E-state index in [4.69, 9.17) is 5.41 Å². The van der Waals surface area contributed by atoms with Gasteiger partial charge in [-0.2, -0.15) is 15.1 Å². The molecule has 2 aromatic rings. The highest BCUT2D eigenvalue weighted by atomic mass is 32.2. The topological polar surface area (TPSA) is 73.8 Å². The maximum atomic E-state index is 14.4. The van der Waals surface area contributed by atoms with Crippen LogP contribution in [0, 0.1) is 31.0 Å². The third-order valence-electron chi connectivity index (χ3n) is 6.85. The molecule has 0 bridgehead atoms. The molecular formula is C26H28FN5OS. The third kappa shape index (κ3) is 4.27. The van der Waals surface area contributed by atoms with Gasteiger partial charge >= 0.3 is 0 Å². The third-order valence-corrected chi connectivity index (χ3v) is 7.82. The lowest BCUT2D eigenvalue weighted by Crippen LogP contribution is -2.35. The van der Waals surface area contributed by atoms with Crippen LogP contribution in [0.1, 0.15) is 61.9 Å². The van der Waals surface area contributed by atoms with Crippen LogP contribution in [-0.4, -0.2) is 31.5 Å². The molecule has 34 heavy (non-hydrogen) atoms. The van der Waals surface area contributed by atoms with E-state index in [1.54, 1.807) is 24.3 Å². The number of aromatic nitrogens is 1. The molecule has 1 saturated carbocycles. The summed E-state index contributed by atoms with van der Waals surface area (Å²) in [4.78, 5) is 17.1. The summed E-state index contributed by atoms with van der Waals surface area (Å²) in [5.41, 5.74) is 3.03. The number of benzene rings is 1. The fourth-order valence-electron chi connectivity index (χ4n) is 5.03. The van der Waals surface area contributed by atoms with Crippen molar-refractivity contribution in [2.75, 3.05) is 0 Å². The summed E-state index contributed by atoms with van der Waals surface area (Å²) in [5.74, 6) is 0.0234. The first-order chi connectivity index (χ1) is 16.4. The number of nitrogens with one attached hydrogen (secondary N) is 1. The summed E-state index contributed by atoms with van der Waals surface area (Å²) in [5, 5.41) is 16.1. The molecule has 176 valence electrons. The Morgan fingerprint density at radius 3 is 2.74 bits per heavy atom. The number of aliphatic imine (C=N–C) groups is 1. The predicted molar refractivity (Wildman–Crippen MR) is 136 cm³/mol. The largest absolute Gasteiger partial charge is 0.315 e. The molecule has 1 aromatic heterocycles. The van der Waals surface area contributed by atoms with Crippen LogP contribution in [0.4, 0.5) is 4.39 Å². The van der Waals surface area contributed by atoms with Gasteiger partial charge in [0, 0.05) is 11.4 Å². The first-order valence-corrected chi connectivity index (χ1v) is 12.7. The van der Waals surface area contributed by atoms with Crippen molar-refractivity contribution in [3.8, 4) is 5.69 Å². The smallest absolute Gasteiger partial charge is 0.283 e. The predicted octanol–water partition coefficient (Wildman–Crippen LogP) is 6.21. The van der Waals surface area contributed by atoms with Crippen molar-refractivity contribution in [2.45, 2.75) is 58.8 Å². The van der Waals surface area contributed by atoms with Crippen LogP contribution in [0.2, 0.25) is 0 Å². The minimum absolute atomic E-state index is 0.0332. The highest BCUT2D eigenvalue weighted by molar-refractivity contribution is 8.26. The van der Waals surface area contributed by atoms with Crippen molar-refractivity contribution in [1.82, 2.24) is 9.58 Å². The Hall–Kier alpha value is -3.00. The van der Waals surface area contributed by atoms with Crippen molar-refractivity contribution < 1.29 is 9.18 Å². The van der Waals surface area contributed by atoms with E-state index < -0.39 is 5.91 Å². The fourth-order valence-corrected chi connectivity index (χ4v) is 5.93. The number of hydrazone groups is 1. The molecule has 0 saturated heterocycles. The Morgan fingerprint density at radius 1 is 1.21 bits per heavy atom. The highest BCUT2D eigenvalue weighted by Gasteiger charge is 2.36. The maximum Gasteiger partial charge on any atom is 0.283 e. The lowest BCUT2D eigenvalue weighted by Gasteiger charge is -2.20. The summed E-state index contributed by atoms with van der Waals surface area (Å²) in [6, 6.07) is 8.50. The van der Waals surface area contributed by atoms with Crippen LogP contribution in [-0.2, 0) is 4.79 Å². The molecule has 1 N–H and O–H groups in total. The summed E-state index contributed by atoms with van der Waals surface area (Å²) in [7, 11) is 0. The summed E-state index contributed by atoms with van der Waals surface area (Å²) in [6.45, 7) is 3.77.